The van der Waals surface area contributed by atoms with Gasteiger partial charge in [0.15, 0.2) is 5.84 Å². The van der Waals surface area contributed by atoms with Gasteiger partial charge in [-0.15, -0.1) is 0 Å². The Kier molecular flexibility index (Phi) is 3.84. The maximum Gasteiger partial charge on any atom is 0.391 e. The summed E-state index contributed by atoms with van der Waals surface area (Å²) in [5.41, 5.74) is 4.59. The number of likely N-dealkylation sites (tertiary alicyclic amines) is 1. The molecule has 1 heterocycles. The van der Waals surface area contributed by atoms with Crippen LogP contribution in [0.15, 0.2) is 5.16 Å². The lowest BCUT2D eigenvalue weighted by Gasteiger charge is -2.44. The summed E-state index contributed by atoms with van der Waals surface area (Å²) in [6.45, 7) is 0.146. The van der Waals surface area contributed by atoms with Crippen molar-refractivity contribution in [3.05, 3.63) is 0 Å². The van der Waals surface area contributed by atoms with Gasteiger partial charge in [-0.2, -0.15) is 13.2 Å². The van der Waals surface area contributed by atoms with Crippen molar-refractivity contribution in [3.8, 4) is 0 Å². The summed E-state index contributed by atoms with van der Waals surface area (Å²) in [7, 11) is 0. The minimum atomic E-state index is -4.20. The number of nitrogens with zero attached hydrogens (tertiary/aromatic N) is 2. The summed E-state index contributed by atoms with van der Waals surface area (Å²) in [5, 5.41) is 11.7. The third-order valence-corrected chi connectivity index (χ3v) is 4.46. The van der Waals surface area contributed by atoms with E-state index in [0.717, 1.165) is 6.42 Å². The molecule has 3 N–H and O–H groups in total. The van der Waals surface area contributed by atoms with Gasteiger partial charge < -0.3 is 15.8 Å². The van der Waals surface area contributed by atoms with Crippen molar-refractivity contribution < 1.29 is 23.2 Å². The summed E-state index contributed by atoms with van der Waals surface area (Å²) in [6, 6.07) is 0. The molecule has 1 saturated heterocycles. The van der Waals surface area contributed by atoms with Crippen LogP contribution in [0, 0.1) is 11.3 Å². The van der Waals surface area contributed by atoms with Crippen molar-refractivity contribution in [1.82, 2.24) is 4.90 Å². The van der Waals surface area contributed by atoms with Crippen LogP contribution in [0.2, 0.25) is 0 Å². The van der Waals surface area contributed by atoms with Gasteiger partial charge in [0, 0.05) is 13.1 Å². The predicted molar refractivity (Wildman–Crippen MR) is 65.1 cm³/mol. The fourth-order valence-corrected chi connectivity index (χ4v) is 2.92. The zero-order valence-electron chi connectivity index (χ0n) is 11.0. The number of carbonyl (C=O) groups is 1. The van der Waals surface area contributed by atoms with Crippen molar-refractivity contribution >= 4 is 11.7 Å². The summed E-state index contributed by atoms with van der Waals surface area (Å²) >= 11 is 0. The van der Waals surface area contributed by atoms with E-state index in [2.05, 4.69) is 5.16 Å². The van der Waals surface area contributed by atoms with Crippen molar-refractivity contribution in [3.63, 3.8) is 0 Å². The van der Waals surface area contributed by atoms with Gasteiger partial charge in [-0.05, 0) is 25.7 Å². The quantitative estimate of drug-likeness (QED) is 0.352. The van der Waals surface area contributed by atoms with Crippen molar-refractivity contribution in [2.24, 2.45) is 22.2 Å². The second-order valence-electron chi connectivity index (χ2n) is 5.53. The van der Waals surface area contributed by atoms with Crippen molar-refractivity contribution in [2.75, 3.05) is 13.1 Å². The van der Waals surface area contributed by atoms with Crippen LogP contribution >= 0.6 is 0 Å². The molecule has 0 atom stereocenters. The van der Waals surface area contributed by atoms with E-state index in [-0.39, 0.29) is 37.7 Å². The van der Waals surface area contributed by atoms with Crippen LogP contribution in [-0.2, 0) is 4.79 Å². The number of amidine groups is 1. The van der Waals surface area contributed by atoms with Crippen LogP contribution in [0.1, 0.15) is 32.1 Å². The van der Waals surface area contributed by atoms with Gasteiger partial charge in [-0.25, -0.2) is 0 Å². The number of alkyl halides is 3. The first-order valence-corrected chi connectivity index (χ1v) is 6.65. The average molecular weight is 293 g/mol. The van der Waals surface area contributed by atoms with E-state index in [1.54, 1.807) is 0 Å². The Morgan fingerprint density at radius 1 is 1.30 bits per heavy atom. The molecule has 0 aromatic heterocycles. The fourth-order valence-electron chi connectivity index (χ4n) is 2.92. The Morgan fingerprint density at radius 3 is 2.20 bits per heavy atom. The first-order valence-electron chi connectivity index (χ1n) is 6.65. The smallest absolute Gasteiger partial charge is 0.391 e. The topological polar surface area (TPSA) is 78.9 Å². The highest BCUT2D eigenvalue weighted by atomic mass is 19.4. The molecule has 1 saturated carbocycles. The maximum absolute atomic E-state index is 12.6. The standard InChI is InChI=1S/C12H18F3N3O2/c13-12(14,15)8-2-6-18(7-3-8)10(19)11(4-1-5-11)9(16)17-20/h8,20H,1-7H2,(H2,16,17). The molecule has 20 heavy (non-hydrogen) atoms. The molecular formula is C12H18F3N3O2. The Labute approximate surface area is 114 Å². The van der Waals surface area contributed by atoms with E-state index in [0.29, 0.717) is 12.8 Å². The molecule has 0 aromatic carbocycles. The zero-order chi connectivity index (χ0) is 15.0. The molecule has 0 spiro atoms. The summed E-state index contributed by atoms with van der Waals surface area (Å²) in [5.74, 6) is -1.78. The molecule has 114 valence electrons. The van der Waals surface area contributed by atoms with Gasteiger partial charge in [0.05, 0.1) is 5.92 Å². The van der Waals surface area contributed by atoms with E-state index >= 15 is 0 Å². The zero-order valence-corrected chi connectivity index (χ0v) is 11.0. The molecule has 5 nitrogen and oxygen atoms in total. The lowest BCUT2D eigenvalue weighted by atomic mass is 9.66. The largest absolute Gasteiger partial charge is 0.409 e. The average Bonchev–Trinajstić information content (AvgIpc) is 2.36. The monoisotopic (exact) mass is 293 g/mol. The number of rotatable bonds is 2. The number of piperidine rings is 1. The molecule has 2 fully saturated rings. The minimum absolute atomic E-state index is 0.0729. The fraction of sp³-hybridized carbons (Fsp3) is 0.833. The van der Waals surface area contributed by atoms with Crippen LogP contribution in [-0.4, -0.2) is 41.1 Å². The van der Waals surface area contributed by atoms with Gasteiger partial charge in [-0.1, -0.05) is 11.6 Å². The normalized spacial score (nSPS) is 24.4. The Bertz CT molecular complexity index is 411. The first kappa shape index (κ1) is 14.9. The van der Waals surface area contributed by atoms with E-state index in [1.165, 1.54) is 4.90 Å². The van der Waals surface area contributed by atoms with Crippen LogP contribution in [0.25, 0.3) is 0 Å². The van der Waals surface area contributed by atoms with Crippen LogP contribution < -0.4 is 5.73 Å². The van der Waals surface area contributed by atoms with Gasteiger partial charge in [-0.3, -0.25) is 4.79 Å². The van der Waals surface area contributed by atoms with E-state index in [1.807, 2.05) is 0 Å². The molecule has 1 aliphatic carbocycles. The molecule has 1 amide bonds. The van der Waals surface area contributed by atoms with Crippen molar-refractivity contribution in [1.29, 1.82) is 0 Å². The number of oxime groups is 1. The maximum atomic E-state index is 12.6. The molecule has 0 unspecified atom stereocenters. The van der Waals surface area contributed by atoms with E-state index in [9.17, 15) is 18.0 Å². The summed E-state index contributed by atoms with van der Waals surface area (Å²) in [4.78, 5) is 13.8. The number of carbonyl (C=O) groups excluding carboxylic acids is 1. The number of nitrogens with two attached hydrogens (primary N) is 1. The molecule has 2 aliphatic rings. The first-order chi connectivity index (χ1) is 9.31. The Hall–Kier alpha value is -1.47. The third-order valence-electron chi connectivity index (χ3n) is 4.46. The van der Waals surface area contributed by atoms with E-state index in [4.69, 9.17) is 10.9 Å². The summed E-state index contributed by atoms with van der Waals surface area (Å²) in [6.07, 6.45) is -2.60. The summed E-state index contributed by atoms with van der Waals surface area (Å²) < 4.78 is 37.8. The molecule has 0 bridgehead atoms. The van der Waals surface area contributed by atoms with Crippen LogP contribution in [0.4, 0.5) is 13.2 Å². The Morgan fingerprint density at radius 2 is 1.85 bits per heavy atom. The predicted octanol–water partition coefficient (Wildman–Crippen LogP) is 1.70. The van der Waals surface area contributed by atoms with Crippen molar-refractivity contribution in [2.45, 2.75) is 38.3 Å². The Balaban J connectivity index is 2.02. The van der Waals surface area contributed by atoms with Gasteiger partial charge in [0.1, 0.15) is 5.41 Å². The third kappa shape index (κ3) is 2.43. The molecule has 2 rings (SSSR count). The number of hydrogen-bond acceptors (Lipinski definition) is 3. The highest BCUT2D eigenvalue weighted by Gasteiger charge is 2.51. The van der Waals surface area contributed by atoms with Gasteiger partial charge >= 0.3 is 6.18 Å². The number of amides is 1. The number of hydrogen-bond donors (Lipinski definition) is 2. The second kappa shape index (κ2) is 5.14. The number of halogens is 3. The highest BCUT2D eigenvalue weighted by Crippen LogP contribution is 2.44. The highest BCUT2D eigenvalue weighted by molar-refractivity contribution is 6.07. The molecule has 8 heteroatoms. The molecule has 0 aromatic rings. The lowest BCUT2D eigenvalue weighted by molar-refractivity contribution is -0.187. The van der Waals surface area contributed by atoms with Crippen LogP contribution in [0.3, 0.4) is 0 Å². The van der Waals surface area contributed by atoms with E-state index < -0.39 is 17.5 Å². The molecular weight excluding hydrogens is 275 g/mol. The van der Waals surface area contributed by atoms with Gasteiger partial charge in [0.25, 0.3) is 0 Å². The minimum Gasteiger partial charge on any atom is -0.409 e. The molecule has 0 radical (unpaired) electrons. The van der Waals surface area contributed by atoms with Gasteiger partial charge in [0.2, 0.25) is 5.91 Å². The van der Waals surface area contributed by atoms with Crippen LogP contribution in [0.5, 0.6) is 0 Å². The SMILES string of the molecule is NC(=NO)C1(C(=O)N2CCC(C(F)(F)F)CC2)CCC1. The second-order valence-corrected chi connectivity index (χ2v) is 5.53. The lowest BCUT2D eigenvalue weighted by Crippen LogP contribution is -2.57. The molecule has 1 aliphatic heterocycles.